The van der Waals surface area contributed by atoms with Crippen LogP contribution in [0, 0.1) is 0 Å². The Balaban J connectivity index is 1.72. The molecule has 136 valence electrons. The van der Waals surface area contributed by atoms with Gasteiger partial charge in [-0.15, -0.1) is 0 Å². The van der Waals surface area contributed by atoms with Crippen LogP contribution in [-0.2, 0) is 9.31 Å². The summed E-state index contributed by atoms with van der Waals surface area (Å²) in [6.07, 6.45) is 2.06. The second-order valence-corrected chi connectivity index (χ2v) is 8.25. The zero-order chi connectivity index (χ0) is 18.2. The van der Waals surface area contributed by atoms with Gasteiger partial charge in [0.15, 0.2) is 0 Å². The molecule has 2 N–H and O–H groups in total. The Morgan fingerprint density at radius 1 is 1.28 bits per heavy atom. The van der Waals surface area contributed by atoms with Gasteiger partial charge < -0.3 is 19.9 Å². The fraction of sp³-hybridized carbons (Fsp3) is 0.611. The van der Waals surface area contributed by atoms with Crippen molar-refractivity contribution in [2.45, 2.75) is 57.8 Å². The van der Waals surface area contributed by atoms with Crippen LogP contribution in [0.25, 0.3) is 0 Å². The predicted molar refractivity (Wildman–Crippen MR) is 101 cm³/mol. The highest BCUT2D eigenvalue weighted by Crippen LogP contribution is 2.36. The summed E-state index contributed by atoms with van der Waals surface area (Å²) in [6.45, 7) is 9.85. The number of hydrogen-bond acceptors (Lipinski definition) is 4. The van der Waals surface area contributed by atoms with Crippen LogP contribution in [0.2, 0.25) is 5.02 Å². The summed E-state index contributed by atoms with van der Waals surface area (Å²) in [5, 5.41) is 6.74. The van der Waals surface area contributed by atoms with Gasteiger partial charge in [0.2, 0.25) is 0 Å². The maximum Gasteiger partial charge on any atom is 0.494 e. The van der Waals surface area contributed by atoms with Gasteiger partial charge in [0, 0.05) is 12.6 Å². The van der Waals surface area contributed by atoms with Crippen molar-refractivity contribution in [2.24, 2.45) is 0 Å². The van der Waals surface area contributed by atoms with Crippen molar-refractivity contribution in [1.29, 1.82) is 0 Å². The van der Waals surface area contributed by atoms with Crippen LogP contribution in [-0.4, -0.2) is 43.4 Å². The van der Waals surface area contributed by atoms with Gasteiger partial charge in [-0.05, 0) is 64.7 Å². The molecule has 0 saturated carbocycles. The molecule has 2 aliphatic rings. The van der Waals surface area contributed by atoms with Crippen molar-refractivity contribution in [1.82, 2.24) is 10.6 Å². The lowest BCUT2D eigenvalue weighted by atomic mass is 9.79. The molecular formula is C18H26BClN2O3. The summed E-state index contributed by atoms with van der Waals surface area (Å²) >= 11 is 6.37. The summed E-state index contributed by atoms with van der Waals surface area (Å²) < 4.78 is 12.1. The number of piperidine rings is 1. The van der Waals surface area contributed by atoms with Gasteiger partial charge in [0.05, 0.1) is 21.8 Å². The average molecular weight is 365 g/mol. The monoisotopic (exact) mass is 364 g/mol. The molecule has 1 aromatic carbocycles. The van der Waals surface area contributed by atoms with E-state index in [0.29, 0.717) is 10.6 Å². The van der Waals surface area contributed by atoms with Crippen molar-refractivity contribution in [3.8, 4) is 0 Å². The van der Waals surface area contributed by atoms with E-state index in [9.17, 15) is 4.79 Å². The molecule has 1 amide bonds. The summed E-state index contributed by atoms with van der Waals surface area (Å²) in [7, 11) is -0.484. The second-order valence-electron chi connectivity index (χ2n) is 7.84. The van der Waals surface area contributed by atoms with Gasteiger partial charge in [-0.2, -0.15) is 0 Å². The standard InChI is InChI=1S/C18H26BClN2O3/c1-17(2)18(3,4)25-19(24-17)12-7-8-14(15(20)10-12)16(23)22-13-6-5-9-21-11-13/h7-8,10,13,21H,5-6,9,11H2,1-4H3,(H,22,23). The second kappa shape index (κ2) is 6.91. The highest BCUT2D eigenvalue weighted by Gasteiger charge is 2.51. The quantitative estimate of drug-likeness (QED) is 0.807. The molecule has 0 bridgehead atoms. The molecule has 2 aliphatic heterocycles. The molecule has 2 heterocycles. The van der Waals surface area contributed by atoms with E-state index in [1.54, 1.807) is 12.1 Å². The minimum Gasteiger partial charge on any atom is -0.399 e. The highest BCUT2D eigenvalue weighted by atomic mass is 35.5. The maximum absolute atomic E-state index is 12.5. The van der Waals surface area contributed by atoms with Gasteiger partial charge in [-0.3, -0.25) is 4.79 Å². The van der Waals surface area contributed by atoms with Crippen molar-refractivity contribution in [3.63, 3.8) is 0 Å². The number of hydrogen-bond donors (Lipinski definition) is 2. The Bertz CT molecular complexity index is 644. The first kappa shape index (κ1) is 18.7. The fourth-order valence-corrected chi connectivity index (χ4v) is 3.35. The molecule has 2 saturated heterocycles. The molecule has 0 spiro atoms. The highest BCUT2D eigenvalue weighted by molar-refractivity contribution is 6.62. The first-order valence-corrected chi connectivity index (χ1v) is 9.24. The Morgan fingerprint density at radius 2 is 1.96 bits per heavy atom. The molecule has 7 heteroatoms. The number of benzene rings is 1. The van der Waals surface area contributed by atoms with E-state index in [0.717, 1.165) is 31.4 Å². The minimum atomic E-state index is -0.484. The Hall–Kier alpha value is -1.08. The summed E-state index contributed by atoms with van der Waals surface area (Å²) in [6, 6.07) is 5.51. The van der Waals surface area contributed by atoms with Crippen molar-refractivity contribution < 1.29 is 14.1 Å². The van der Waals surface area contributed by atoms with E-state index in [-0.39, 0.29) is 11.9 Å². The molecule has 0 aliphatic carbocycles. The molecule has 5 nitrogen and oxygen atoms in total. The van der Waals surface area contributed by atoms with Gasteiger partial charge in [0.25, 0.3) is 5.91 Å². The van der Waals surface area contributed by atoms with Gasteiger partial charge in [-0.1, -0.05) is 17.7 Å². The number of rotatable bonds is 3. The molecule has 3 rings (SSSR count). The minimum absolute atomic E-state index is 0.140. The first-order chi connectivity index (χ1) is 11.7. The average Bonchev–Trinajstić information content (AvgIpc) is 2.76. The van der Waals surface area contributed by atoms with Crippen molar-refractivity contribution in [3.05, 3.63) is 28.8 Å². The lowest BCUT2D eigenvalue weighted by molar-refractivity contribution is 0.00578. The molecule has 1 atom stereocenters. The van der Waals surface area contributed by atoms with Gasteiger partial charge in [-0.25, -0.2) is 0 Å². The number of carbonyl (C=O) groups excluding carboxylic acids is 1. The Labute approximate surface area is 154 Å². The van der Waals surface area contributed by atoms with Crippen LogP contribution in [0.15, 0.2) is 18.2 Å². The normalized spacial score (nSPS) is 25.0. The first-order valence-electron chi connectivity index (χ1n) is 8.86. The summed E-state index contributed by atoms with van der Waals surface area (Å²) in [5.41, 5.74) is 0.481. The van der Waals surface area contributed by atoms with E-state index in [2.05, 4.69) is 10.6 Å². The van der Waals surface area contributed by atoms with Crippen LogP contribution < -0.4 is 16.1 Å². The van der Waals surface area contributed by atoms with Crippen molar-refractivity contribution >= 4 is 30.1 Å². The molecule has 1 aromatic rings. The van der Waals surface area contributed by atoms with Crippen LogP contribution >= 0.6 is 11.6 Å². The zero-order valence-corrected chi connectivity index (χ0v) is 16.1. The summed E-state index contributed by atoms with van der Waals surface area (Å²) in [4.78, 5) is 12.5. The van der Waals surface area contributed by atoms with Crippen LogP contribution in [0.1, 0.15) is 50.9 Å². The molecular weight excluding hydrogens is 338 g/mol. The molecule has 2 fully saturated rings. The van der Waals surface area contributed by atoms with E-state index in [1.165, 1.54) is 0 Å². The van der Waals surface area contributed by atoms with Crippen LogP contribution in [0.3, 0.4) is 0 Å². The van der Waals surface area contributed by atoms with E-state index >= 15 is 0 Å². The fourth-order valence-electron chi connectivity index (χ4n) is 3.08. The molecule has 0 aromatic heterocycles. The molecule has 1 unspecified atom stereocenters. The lowest BCUT2D eigenvalue weighted by Gasteiger charge is -2.32. The maximum atomic E-state index is 12.5. The zero-order valence-electron chi connectivity index (χ0n) is 15.3. The smallest absolute Gasteiger partial charge is 0.399 e. The number of amides is 1. The van der Waals surface area contributed by atoms with Crippen LogP contribution in [0.4, 0.5) is 0 Å². The Kier molecular flexibility index (Phi) is 5.17. The number of halogens is 1. The third-order valence-corrected chi connectivity index (χ3v) is 5.71. The topological polar surface area (TPSA) is 59.6 Å². The number of nitrogens with one attached hydrogen (secondary N) is 2. The van der Waals surface area contributed by atoms with Crippen LogP contribution in [0.5, 0.6) is 0 Å². The Morgan fingerprint density at radius 3 is 2.52 bits per heavy atom. The van der Waals surface area contributed by atoms with E-state index < -0.39 is 18.3 Å². The SMILES string of the molecule is CC1(C)OB(c2ccc(C(=O)NC3CCCNC3)c(Cl)c2)OC1(C)C. The van der Waals surface area contributed by atoms with E-state index in [4.69, 9.17) is 20.9 Å². The predicted octanol–water partition coefficient (Wildman–Crippen LogP) is 2.12. The third-order valence-electron chi connectivity index (χ3n) is 5.40. The van der Waals surface area contributed by atoms with Gasteiger partial charge >= 0.3 is 7.12 Å². The third kappa shape index (κ3) is 3.87. The van der Waals surface area contributed by atoms with E-state index in [1.807, 2.05) is 33.8 Å². The largest absolute Gasteiger partial charge is 0.494 e. The number of carbonyl (C=O) groups is 1. The molecule has 25 heavy (non-hydrogen) atoms. The van der Waals surface area contributed by atoms with Crippen molar-refractivity contribution in [2.75, 3.05) is 13.1 Å². The summed E-state index contributed by atoms with van der Waals surface area (Å²) in [5.74, 6) is -0.140. The van der Waals surface area contributed by atoms with Gasteiger partial charge in [0.1, 0.15) is 0 Å². The molecule has 0 radical (unpaired) electrons. The lowest BCUT2D eigenvalue weighted by Crippen LogP contribution is -2.45.